The molecule has 0 spiro atoms. The van der Waals surface area contributed by atoms with E-state index < -0.39 is 0 Å². The molecular weight excluding hydrogens is 218 g/mol. The van der Waals surface area contributed by atoms with Gasteiger partial charge in [0.05, 0.1) is 0 Å². The summed E-state index contributed by atoms with van der Waals surface area (Å²) in [4.78, 5) is 0. The van der Waals surface area contributed by atoms with E-state index in [1.165, 1.54) is 16.7 Å². The van der Waals surface area contributed by atoms with Crippen LogP contribution in [0.25, 0.3) is 0 Å². The Kier molecular flexibility index (Phi) is 3.71. The molecule has 0 amide bonds. The van der Waals surface area contributed by atoms with Crippen molar-refractivity contribution >= 4 is 5.69 Å². The molecular formula is C17H21N. The van der Waals surface area contributed by atoms with Crippen molar-refractivity contribution < 1.29 is 0 Å². The first kappa shape index (κ1) is 12.7. The fourth-order valence-corrected chi connectivity index (χ4v) is 2.25. The zero-order valence-corrected chi connectivity index (χ0v) is 11.4. The smallest absolute Gasteiger partial charge is 0.0352 e. The third-order valence-electron chi connectivity index (χ3n) is 3.54. The fraction of sp³-hybridized carbons (Fsp3) is 0.294. The van der Waals surface area contributed by atoms with Crippen molar-refractivity contribution in [3.63, 3.8) is 0 Å². The first-order valence-electron chi connectivity index (χ1n) is 6.54. The highest BCUT2D eigenvalue weighted by molar-refractivity contribution is 5.53. The van der Waals surface area contributed by atoms with Gasteiger partial charge in [0.1, 0.15) is 0 Å². The Morgan fingerprint density at radius 1 is 0.833 bits per heavy atom. The molecule has 1 nitrogen and oxygen atoms in total. The Balaban J connectivity index is 2.41. The van der Waals surface area contributed by atoms with Gasteiger partial charge in [-0.2, -0.15) is 0 Å². The van der Waals surface area contributed by atoms with Crippen LogP contribution in [0.5, 0.6) is 0 Å². The number of nitrogens with two attached hydrogens (primary N) is 1. The van der Waals surface area contributed by atoms with Gasteiger partial charge in [0, 0.05) is 11.6 Å². The van der Waals surface area contributed by atoms with E-state index >= 15 is 0 Å². The van der Waals surface area contributed by atoms with Crippen LogP contribution < -0.4 is 5.73 Å². The van der Waals surface area contributed by atoms with Crippen molar-refractivity contribution in [2.75, 3.05) is 5.73 Å². The molecule has 0 aromatic heterocycles. The first-order valence-corrected chi connectivity index (χ1v) is 6.54. The van der Waals surface area contributed by atoms with Gasteiger partial charge in [0.2, 0.25) is 0 Å². The van der Waals surface area contributed by atoms with Crippen molar-refractivity contribution in [1.82, 2.24) is 0 Å². The van der Waals surface area contributed by atoms with E-state index in [1.54, 1.807) is 0 Å². The molecule has 2 aromatic carbocycles. The van der Waals surface area contributed by atoms with Crippen LogP contribution in [-0.2, 0) is 0 Å². The minimum atomic E-state index is 0.338. The maximum Gasteiger partial charge on any atom is 0.0352 e. The standard InChI is InChI=1S/C17H21N/c1-12(2)15-9-10-17(18)16(11-15)13(3)14-7-5-4-6-8-14/h4-13H,18H2,1-3H3. The second kappa shape index (κ2) is 5.26. The van der Waals surface area contributed by atoms with Gasteiger partial charge < -0.3 is 5.73 Å². The van der Waals surface area contributed by atoms with E-state index in [-0.39, 0.29) is 0 Å². The van der Waals surface area contributed by atoms with Gasteiger partial charge >= 0.3 is 0 Å². The van der Waals surface area contributed by atoms with Gasteiger partial charge in [0.25, 0.3) is 0 Å². The van der Waals surface area contributed by atoms with E-state index in [4.69, 9.17) is 5.73 Å². The van der Waals surface area contributed by atoms with E-state index in [0.29, 0.717) is 11.8 Å². The summed E-state index contributed by atoms with van der Waals surface area (Å²) < 4.78 is 0. The Hall–Kier alpha value is -1.76. The molecule has 94 valence electrons. The van der Waals surface area contributed by atoms with E-state index in [1.807, 2.05) is 12.1 Å². The molecule has 2 aromatic rings. The maximum atomic E-state index is 6.13. The summed E-state index contributed by atoms with van der Waals surface area (Å²) in [6.07, 6.45) is 0. The summed E-state index contributed by atoms with van der Waals surface area (Å²) in [5.74, 6) is 0.872. The molecule has 18 heavy (non-hydrogen) atoms. The van der Waals surface area contributed by atoms with Crippen molar-refractivity contribution in [2.45, 2.75) is 32.6 Å². The Morgan fingerprint density at radius 2 is 1.50 bits per heavy atom. The summed E-state index contributed by atoms with van der Waals surface area (Å²) >= 11 is 0. The molecule has 0 heterocycles. The molecule has 0 bridgehead atoms. The highest BCUT2D eigenvalue weighted by Crippen LogP contribution is 2.30. The summed E-state index contributed by atoms with van der Waals surface area (Å²) in [7, 11) is 0. The molecule has 0 aliphatic rings. The minimum absolute atomic E-state index is 0.338. The molecule has 0 aliphatic heterocycles. The first-order chi connectivity index (χ1) is 8.59. The zero-order chi connectivity index (χ0) is 13.1. The molecule has 0 saturated carbocycles. The van der Waals surface area contributed by atoms with Crippen LogP contribution >= 0.6 is 0 Å². The maximum absolute atomic E-state index is 6.13. The van der Waals surface area contributed by atoms with Gasteiger partial charge in [-0.3, -0.25) is 0 Å². The number of hydrogen-bond acceptors (Lipinski definition) is 1. The molecule has 0 fully saturated rings. The lowest BCUT2D eigenvalue weighted by atomic mass is 9.89. The highest BCUT2D eigenvalue weighted by atomic mass is 14.6. The number of anilines is 1. The van der Waals surface area contributed by atoms with Crippen molar-refractivity contribution in [3.05, 3.63) is 65.2 Å². The lowest BCUT2D eigenvalue weighted by Gasteiger charge is -2.17. The summed E-state index contributed by atoms with van der Waals surface area (Å²) in [6.45, 7) is 6.64. The molecule has 1 heteroatoms. The number of benzene rings is 2. The molecule has 0 saturated heterocycles. The third-order valence-corrected chi connectivity index (χ3v) is 3.54. The second-order valence-corrected chi connectivity index (χ2v) is 5.18. The zero-order valence-electron chi connectivity index (χ0n) is 11.4. The molecule has 0 aliphatic carbocycles. The van der Waals surface area contributed by atoms with E-state index in [2.05, 4.69) is 57.2 Å². The van der Waals surface area contributed by atoms with E-state index in [0.717, 1.165) is 5.69 Å². The summed E-state index contributed by atoms with van der Waals surface area (Å²) in [5.41, 5.74) is 10.9. The predicted octanol–water partition coefficient (Wildman–Crippen LogP) is 4.54. The van der Waals surface area contributed by atoms with Gasteiger partial charge in [-0.05, 0) is 28.7 Å². The highest BCUT2D eigenvalue weighted by Gasteiger charge is 2.12. The number of rotatable bonds is 3. The lowest BCUT2D eigenvalue weighted by Crippen LogP contribution is -2.02. The largest absolute Gasteiger partial charge is 0.398 e. The van der Waals surface area contributed by atoms with Gasteiger partial charge in [0.15, 0.2) is 0 Å². The van der Waals surface area contributed by atoms with Gasteiger partial charge in [-0.25, -0.2) is 0 Å². The van der Waals surface area contributed by atoms with Crippen LogP contribution in [0.1, 0.15) is 49.3 Å². The SMILES string of the molecule is CC(C)c1ccc(N)c(C(C)c2ccccc2)c1. The van der Waals surface area contributed by atoms with Crippen molar-refractivity contribution in [2.24, 2.45) is 0 Å². The third kappa shape index (κ3) is 2.56. The summed E-state index contributed by atoms with van der Waals surface area (Å²) in [6, 6.07) is 16.9. The topological polar surface area (TPSA) is 26.0 Å². The molecule has 1 unspecified atom stereocenters. The summed E-state index contributed by atoms with van der Waals surface area (Å²) in [5, 5.41) is 0. The Bertz CT molecular complexity index is 514. The monoisotopic (exact) mass is 239 g/mol. The normalized spacial score (nSPS) is 12.7. The van der Waals surface area contributed by atoms with Crippen LogP contribution in [0.4, 0.5) is 5.69 Å². The average molecular weight is 239 g/mol. The Morgan fingerprint density at radius 3 is 2.11 bits per heavy atom. The van der Waals surface area contributed by atoms with Crippen LogP contribution in [0.2, 0.25) is 0 Å². The Labute approximate surface area is 110 Å². The predicted molar refractivity (Wildman–Crippen MR) is 78.9 cm³/mol. The van der Waals surface area contributed by atoms with Crippen molar-refractivity contribution in [1.29, 1.82) is 0 Å². The van der Waals surface area contributed by atoms with Crippen LogP contribution in [-0.4, -0.2) is 0 Å². The molecule has 0 radical (unpaired) electrons. The molecule has 1 atom stereocenters. The second-order valence-electron chi connectivity index (χ2n) is 5.18. The van der Waals surface area contributed by atoms with Crippen molar-refractivity contribution in [3.8, 4) is 0 Å². The number of nitrogen functional groups attached to an aromatic ring is 1. The average Bonchev–Trinajstić information content (AvgIpc) is 2.39. The lowest BCUT2D eigenvalue weighted by molar-refractivity contribution is 0.852. The van der Waals surface area contributed by atoms with E-state index in [9.17, 15) is 0 Å². The van der Waals surface area contributed by atoms with Gasteiger partial charge in [-0.1, -0.05) is 63.2 Å². The number of hydrogen-bond donors (Lipinski definition) is 1. The fourth-order valence-electron chi connectivity index (χ4n) is 2.25. The van der Waals surface area contributed by atoms with Crippen LogP contribution in [0.3, 0.4) is 0 Å². The van der Waals surface area contributed by atoms with Gasteiger partial charge in [-0.15, -0.1) is 0 Å². The molecule has 2 rings (SSSR count). The molecule has 2 N–H and O–H groups in total. The minimum Gasteiger partial charge on any atom is -0.398 e. The van der Waals surface area contributed by atoms with Crippen LogP contribution in [0.15, 0.2) is 48.5 Å². The van der Waals surface area contributed by atoms with Crippen LogP contribution in [0, 0.1) is 0 Å². The quantitative estimate of drug-likeness (QED) is 0.782.